The Morgan fingerprint density at radius 1 is 1.24 bits per heavy atom. The van der Waals surface area contributed by atoms with Crippen LogP contribution in [0.4, 0.5) is 0 Å². The van der Waals surface area contributed by atoms with Gasteiger partial charge in [-0.1, -0.05) is 13.8 Å². The van der Waals surface area contributed by atoms with E-state index in [2.05, 4.69) is 45.0 Å². The monoisotopic (exact) mass is 300 g/mol. The average Bonchev–Trinajstić information content (AvgIpc) is 2.39. The van der Waals surface area contributed by atoms with Crippen LogP contribution in [0.25, 0.3) is 0 Å². The van der Waals surface area contributed by atoms with E-state index in [0.29, 0.717) is 12.6 Å². The van der Waals surface area contributed by atoms with Gasteiger partial charge in [0.1, 0.15) is 5.54 Å². The maximum atomic E-state index is 12.2. The largest absolute Gasteiger partial charge is 0.465 e. The third-order valence-electron chi connectivity index (χ3n) is 4.09. The minimum Gasteiger partial charge on any atom is -0.465 e. The summed E-state index contributed by atoms with van der Waals surface area (Å²) < 4.78 is 5.24. The Kier molecular flexibility index (Phi) is 9.88. The first-order valence-electron chi connectivity index (χ1n) is 8.45. The van der Waals surface area contributed by atoms with Gasteiger partial charge in [-0.15, -0.1) is 0 Å². The lowest BCUT2D eigenvalue weighted by Crippen LogP contribution is -2.53. The molecule has 0 bridgehead atoms. The molecule has 0 aromatic rings. The maximum Gasteiger partial charge on any atom is 0.326 e. The minimum absolute atomic E-state index is 0.135. The van der Waals surface area contributed by atoms with Crippen LogP contribution in [0.3, 0.4) is 0 Å². The molecule has 4 heteroatoms. The van der Waals surface area contributed by atoms with Gasteiger partial charge in [-0.25, -0.2) is 0 Å². The Morgan fingerprint density at radius 3 is 2.24 bits per heavy atom. The standard InChI is InChI=1S/C17H36N2O2/c1-8-15(9-2)19(7)13-11-12-17(6,18-14(4)5)16(20)21-10-3/h14-15,18H,8-13H2,1-7H3. The van der Waals surface area contributed by atoms with Gasteiger partial charge >= 0.3 is 5.97 Å². The van der Waals surface area contributed by atoms with E-state index in [4.69, 9.17) is 4.74 Å². The molecular formula is C17H36N2O2. The van der Waals surface area contributed by atoms with Crippen molar-refractivity contribution in [1.82, 2.24) is 10.2 Å². The lowest BCUT2D eigenvalue weighted by atomic mass is 9.94. The Balaban J connectivity index is 4.52. The van der Waals surface area contributed by atoms with Gasteiger partial charge < -0.3 is 9.64 Å². The number of rotatable bonds is 11. The fraction of sp³-hybridized carbons (Fsp3) is 0.941. The van der Waals surface area contributed by atoms with Crippen molar-refractivity contribution in [1.29, 1.82) is 0 Å². The van der Waals surface area contributed by atoms with Crippen LogP contribution in [0.15, 0.2) is 0 Å². The Hall–Kier alpha value is -0.610. The topological polar surface area (TPSA) is 41.6 Å². The highest BCUT2D eigenvalue weighted by Crippen LogP contribution is 2.17. The third-order valence-corrected chi connectivity index (χ3v) is 4.09. The molecule has 0 spiro atoms. The van der Waals surface area contributed by atoms with Crippen LogP contribution in [0.2, 0.25) is 0 Å². The number of hydrogen-bond acceptors (Lipinski definition) is 4. The molecule has 1 atom stereocenters. The number of nitrogens with one attached hydrogen (secondary N) is 1. The smallest absolute Gasteiger partial charge is 0.326 e. The average molecular weight is 300 g/mol. The molecule has 126 valence electrons. The van der Waals surface area contributed by atoms with Gasteiger partial charge in [0.05, 0.1) is 6.61 Å². The van der Waals surface area contributed by atoms with Crippen LogP contribution in [-0.2, 0) is 9.53 Å². The second kappa shape index (κ2) is 10.2. The summed E-state index contributed by atoms with van der Waals surface area (Å²) in [6.45, 7) is 13.8. The zero-order valence-electron chi connectivity index (χ0n) is 15.2. The highest BCUT2D eigenvalue weighted by atomic mass is 16.5. The van der Waals surface area contributed by atoms with Crippen molar-refractivity contribution in [3.8, 4) is 0 Å². The van der Waals surface area contributed by atoms with Crippen LogP contribution < -0.4 is 5.32 Å². The van der Waals surface area contributed by atoms with E-state index in [1.807, 2.05) is 13.8 Å². The molecule has 0 saturated carbocycles. The van der Waals surface area contributed by atoms with Crippen LogP contribution in [-0.4, -0.2) is 48.7 Å². The van der Waals surface area contributed by atoms with Crippen molar-refractivity contribution >= 4 is 5.97 Å². The summed E-state index contributed by atoms with van der Waals surface area (Å²) >= 11 is 0. The molecule has 1 N–H and O–H groups in total. The van der Waals surface area contributed by atoms with Crippen LogP contribution >= 0.6 is 0 Å². The van der Waals surface area contributed by atoms with Gasteiger partial charge in [-0.3, -0.25) is 10.1 Å². The van der Waals surface area contributed by atoms with E-state index in [9.17, 15) is 4.79 Å². The summed E-state index contributed by atoms with van der Waals surface area (Å²) in [5.41, 5.74) is -0.584. The molecule has 0 fully saturated rings. The summed E-state index contributed by atoms with van der Waals surface area (Å²) in [5.74, 6) is -0.135. The molecule has 0 aliphatic heterocycles. The summed E-state index contributed by atoms with van der Waals surface area (Å²) in [5, 5.41) is 3.38. The summed E-state index contributed by atoms with van der Waals surface area (Å²) in [7, 11) is 2.18. The van der Waals surface area contributed by atoms with Crippen molar-refractivity contribution in [2.75, 3.05) is 20.2 Å². The number of ether oxygens (including phenoxy) is 1. The second-order valence-corrected chi connectivity index (χ2v) is 6.41. The lowest BCUT2D eigenvalue weighted by Gasteiger charge is -2.32. The van der Waals surface area contributed by atoms with E-state index in [1.54, 1.807) is 0 Å². The number of hydrogen-bond donors (Lipinski definition) is 1. The molecule has 0 rings (SSSR count). The fourth-order valence-electron chi connectivity index (χ4n) is 2.94. The Labute approximate surface area is 131 Å². The summed E-state index contributed by atoms with van der Waals surface area (Å²) in [4.78, 5) is 14.6. The quantitative estimate of drug-likeness (QED) is 0.595. The van der Waals surface area contributed by atoms with E-state index in [-0.39, 0.29) is 12.0 Å². The summed E-state index contributed by atoms with van der Waals surface area (Å²) in [6, 6.07) is 0.896. The first-order chi connectivity index (χ1) is 9.80. The third kappa shape index (κ3) is 7.28. The van der Waals surface area contributed by atoms with E-state index in [1.165, 1.54) is 12.8 Å². The highest BCUT2D eigenvalue weighted by Gasteiger charge is 2.34. The molecule has 0 saturated heterocycles. The first-order valence-corrected chi connectivity index (χ1v) is 8.45. The van der Waals surface area contributed by atoms with Crippen LogP contribution in [0.1, 0.15) is 67.2 Å². The fourth-order valence-corrected chi connectivity index (χ4v) is 2.94. The number of carbonyl (C=O) groups is 1. The lowest BCUT2D eigenvalue weighted by molar-refractivity contribution is -0.151. The van der Waals surface area contributed by atoms with Gasteiger partial charge in [-0.05, 0) is 67.0 Å². The molecule has 21 heavy (non-hydrogen) atoms. The van der Waals surface area contributed by atoms with Crippen molar-refractivity contribution < 1.29 is 9.53 Å². The molecule has 0 aromatic heterocycles. The van der Waals surface area contributed by atoms with Crippen molar-refractivity contribution in [2.45, 2.75) is 84.8 Å². The number of carbonyl (C=O) groups excluding carboxylic acids is 1. The first kappa shape index (κ1) is 20.4. The van der Waals surface area contributed by atoms with Gasteiger partial charge in [0, 0.05) is 12.1 Å². The van der Waals surface area contributed by atoms with Gasteiger partial charge in [0.15, 0.2) is 0 Å². The predicted octanol–water partition coefficient (Wildman–Crippen LogP) is 3.21. The molecule has 4 nitrogen and oxygen atoms in total. The molecule has 0 aliphatic rings. The molecule has 0 radical (unpaired) electrons. The maximum absolute atomic E-state index is 12.2. The van der Waals surface area contributed by atoms with Crippen LogP contribution in [0, 0.1) is 0 Å². The molecular weight excluding hydrogens is 264 g/mol. The molecule has 0 heterocycles. The predicted molar refractivity (Wildman–Crippen MR) is 89.5 cm³/mol. The van der Waals surface area contributed by atoms with E-state index >= 15 is 0 Å². The van der Waals surface area contributed by atoms with Crippen molar-refractivity contribution in [2.24, 2.45) is 0 Å². The molecule has 0 amide bonds. The van der Waals surface area contributed by atoms with Crippen LogP contribution in [0.5, 0.6) is 0 Å². The second-order valence-electron chi connectivity index (χ2n) is 6.41. The number of nitrogens with zero attached hydrogens (tertiary/aromatic N) is 1. The minimum atomic E-state index is -0.584. The molecule has 0 aliphatic carbocycles. The number of esters is 1. The summed E-state index contributed by atoms with van der Waals surface area (Å²) in [6.07, 6.45) is 4.13. The van der Waals surface area contributed by atoms with Crippen molar-refractivity contribution in [3.63, 3.8) is 0 Å². The Morgan fingerprint density at radius 2 is 1.81 bits per heavy atom. The van der Waals surface area contributed by atoms with Gasteiger partial charge in [-0.2, -0.15) is 0 Å². The Bertz CT molecular complexity index is 291. The molecule has 0 aromatic carbocycles. The van der Waals surface area contributed by atoms with Gasteiger partial charge in [0.25, 0.3) is 0 Å². The molecule has 1 unspecified atom stereocenters. The van der Waals surface area contributed by atoms with Crippen molar-refractivity contribution in [3.05, 3.63) is 0 Å². The normalized spacial score (nSPS) is 14.8. The zero-order chi connectivity index (χ0) is 16.5. The van der Waals surface area contributed by atoms with Gasteiger partial charge in [0.2, 0.25) is 0 Å². The van der Waals surface area contributed by atoms with E-state index in [0.717, 1.165) is 19.4 Å². The zero-order valence-corrected chi connectivity index (χ0v) is 15.2. The highest BCUT2D eigenvalue weighted by molar-refractivity contribution is 5.80. The SMILES string of the molecule is CCOC(=O)C(C)(CCCN(C)C(CC)CC)NC(C)C. The van der Waals surface area contributed by atoms with E-state index < -0.39 is 5.54 Å².